The lowest BCUT2D eigenvalue weighted by molar-refractivity contribution is -0.122. The van der Waals surface area contributed by atoms with Gasteiger partial charge in [0.25, 0.3) is 5.91 Å². The van der Waals surface area contributed by atoms with Crippen molar-refractivity contribution in [2.24, 2.45) is 0 Å². The Labute approximate surface area is 151 Å². The molecule has 0 unspecified atom stereocenters. The number of pyridine rings is 1. The second kappa shape index (κ2) is 7.28. The van der Waals surface area contributed by atoms with Gasteiger partial charge in [-0.2, -0.15) is 0 Å². The first-order valence-electron chi connectivity index (χ1n) is 7.79. The molecule has 1 aliphatic heterocycles. The van der Waals surface area contributed by atoms with Crippen LogP contribution >= 0.6 is 24.0 Å². The van der Waals surface area contributed by atoms with Crippen LogP contribution in [0.4, 0.5) is 0 Å². The number of thiocarbonyl (C=S) groups is 1. The zero-order valence-electron chi connectivity index (χ0n) is 13.6. The van der Waals surface area contributed by atoms with Crippen molar-refractivity contribution >= 4 is 40.3 Å². The van der Waals surface area contributed by atoms with Crippen LogP contribution in [0.2, 0.25) is 0 Å². The van der Waals surface area contributed by atoms with Gasteiger partial charge in [-0.05, 0) is 34.8 Å². The molecular weight excluding hydrogens is 336 g/mol. The summed E-state index contributed by atoms with van der Waals surface area (Å²) in [7, 11) is 0. The Kier molecular flexibility index (Phi) is 5.11. The minimum atomic E-state index is -0.0400. The third-order valence-electron chi connectivity index (χ3n) is 3.84. The lowest BCUT2D eigenvalue weighted by Gasteiger charge is -2.13. The van der Waals surface area contributed by atoms with E-state index in [1.807, 2.05) is 30.3 Å². The molecule has 122 valence electrons. The van der Waals surface area contributed by atoms with Crippen molar-refractivity contribution in [3.8, 4) is 0 Å². The van der Waals surface area contributed by atoms with Crippen molar-refractivity contribution in [3.63, 3.8) is 0 Å². The van der Waals surface area contributed by atoms with Crippen molar-refractivity contribution < 1.29 is 4.79 Å². The van der Waals surface area contributed by atoms with Gasteiger partial charge >= 0.3 is 0 Å². The number of nitrogens with zero attached hydrogens (tertiary/aromatic N) is 2. The van der Waals surface area contributed by atoms with E-state index in [1.165, 1.54) is 17.3 Å². The van der Waals surface area contributed by atoms with E-state index in [0.29, 0.717) is 21.7 Å². The molecule has 0 aliphatic carbocycles. The van der Waals surface area contributed by atoms with Gasteiger partial charge in [0.2, 0.25) is 0 Å². The van der Waals surface area contributed by atoms with E-state index in [-0.39, 0.29) is 5.91 Å². The Hall–Kier alpha value is -1.98. The van der Waals surface area contributed by atoms with Gasteiger partial charge in [0.1, 0.15) is 4.32 Å². The highest BCUT2D eigenvalue weighted by Gasteiger charge is 2.31. The maximum atomic E-state index is 12.6. The van der Waals surface area contributed by atoms with Crippen molar-refractivity contribution in [1.82, 2.24) is 9.88 Å². The number of carbonyl (C=O) groups excluding carboxylic acids is 1. The molecule has 2 aromatic rings. The molecule has 0 radical (unpaired) electrons. The number of hydrogen-bond acceptors (Lipinski definition) is 4. The lowest BCUT2D eigenvalue weighted by atomic mass is 10.0. The van der Waals surface area contributed by atoms with Crippen LogP contribution in [0.5, 0.6) is 0 Å². The summed E-state index contributed by atoms with van der Waals surface area (Å²) in [6.07, 6.45) is 5.38. The Morgan fingerprint density at radius 1 is 1.25 bits per heavy atom. The summed E-state index contributed by atoms with van der Waals surface area (Å²) in [6, 6.07) is 12.1. The molecule has 0 spiro atoms. The van der Waals surface area contributed by atoms with Crippen LogP contribution in [-0.2, 0) is 11.3 Å². The minimum absolute atomic E-state index is 0.0400. The highest BCUT2D eigenvalue weighted by atomic mass is 32.2. The topological polar surface area (TPSA) is 33.2 Å². The normalized spacial score (nSPS) is 16.5. The monoisotopic (exact) mass is 354 g/mol. The molecule has 1 saturated heterocycles. The number of hydrogen-bond donors (Lipinski definition) is 0. The predicted octanol–water partition coefficient (Wildman–Crippen LogP) is 4.61. The van der Waals surface area contributed by atoms with Crippen LogP contribution < -0.4 is 0 Å². The van der Waals surface area contributed by atoms with Crippen LogP contribution in [-0.4, -0.2) is 20.1 Å². The van der Waals surface area contributed by atoms with Crippen molar-refractivity contribution in [3.05, 3.63) is 70.4 Å². The summed E-state index contributed by atoms with van der Waals surface area (Å²) in [4.78, 5) is 19.0. The largest absolute Gasteiger partial charge is 0.288 e. The van der Waals surface area contributed by atoms with Gasteiger partial charge in [-0.25, -0.2) is 0 Å². The maximum Gasteiger partial charge on any atom is 0.266 e. The van der Waals surface area contributed by atoms with Crippen LogP contribution in [0.25, 0.3) is 6.08 Å². The Balaban J connectivity index is 1.78. The van der Waals surface area contributed by atoms with Crippen LogP contribution in [0.1, 0.15) is 36.5 Å². The third kappa shape index (κ3) is 3.74. The Morgan fingerprint density at radius 2 is 2.00 bits per heavy atom. The van der Waals surface area contributed by atoms with Crippen LogP contribution in [0.3, 0.4) is 0 Å². The van der Waals surface area contributed by atoms with Crippen molar-refractivity contribution in [2.45, 2.75) is 26.3 Å². The molecular formula is C19H18N2OS2. The summed E-state index contributed by atoms with van der Waals surface area (Å²) in [5.74, 6) is 0.457. The number of amides is 1. The van der Waals surface area contributed by atoms with Crippen LogP contribution in [0, 0.1) is 0 Å². The van der Waals surface area contributed by atoms with Crippen LogP contribution in [0.15, 0.2) is 53.7 Å². The van der Waals surface area contributed by atoms with E-state index in [1.54, 1.807) is 17.3 Å². The summed E-state index contributed by atoms with van der Waals surface area (Å²) in [6.45, 7) is 4.79. The number of aromatic nitrogens is 1. The molecule has 0 N–H and O–H groups in total. The molecule has 2 heterocycles. The fourth-order valence-corrected chi connectivity index (χ4v) is 3.69. The van der Waals surface area contributed by atoms with E-state index in [2.05, 4.69) is 31.0 Å². The number of rotatable bonds is 4. The van der Waals surface area contributed by atoms with Crippen molar-refractivity contribution in [2.75, 3.05) is 0 Å². The van der Waals surface area contributed by atoms with Gasteiger partial charge < -0.3 is 0 Å². The summed E-state index contributed by atoms with van der Waals surface area (Å²) in [5, 5.41) is 0. The molecule has 1 aromatic heterocycles. The smallest absolute Gasteiger partial charge is 0.266 e. The number of thioether (sulfide) groups is 1. The fourth-order valence-electron chi connectivity index (χ4n) is 2.44. The summed E-state index contributed by atoms with van der Waals surface area (Å²) in [5.41, 5.74) is 3.27. The van der Waals surface area contributed by atoms with Gasteiger partial charge in [-0.15, -0.1) is 0 Å². The fraction of sp³-hybridized carbons (Fsp3) is 0.211. The molecule has 3 rings (SSSR count). The molecule has 0 bridgehead atoms. The molecule has 0 saturated carbocycles. The minimum Gasteiger partial charge on any atom is -0.288 e. The second-order valence-corrected chi connectivity index (χ2v) is 7.63. The molecule has 1 amide bonds. The Morgan fingerprint density at radius 3 is 2.62 bits per heavy atom. The van der Waals surface area contributed by atoms with E-state index >= 15 is 0 Å². The van der Waals surface area contributed by atoms with Gasteiger partial charge in [-0.3, -0.25) is 14.7 Å². The number of carbonyl (C=O) groups is 1. The predicted molar refractivity (Wildman–Crippen MR) is 103 cm³/mol. The lowest BCUT2D eigenvalue weighted by Crippen LogP contribution is -2.27. The third-order valence-corrected chi connectivity index (χ3v) is 5.22. The molecule has 3 nitrogen and oxygen atoms in total. The van der Waals surface area contributed by atoms with E-state index in [4.69, 9.17) is 12.2 Å². The quantitative estimate of drug-likeness (QED) is 0.593. The van der Waals surface area contributed by atoms with E-state index in [0.717, 1.165) is 11.1 Å². The van der Waals surface area contributed by atoms with Gasteiger partial charge in [0.05, 0.1) is 11.4 Å². The molecule has 5 heteroatoms. The average molecular weight is 354 g/mol. The first-order chi connectivity index (χ1) is 11.5. The maximum absolute atomic E-state index is 12.6. The average Bonchev–Trinajstić information content (AvgIpc) is 2.84. The highest BCUT2D eigenvalue weighted by Crippen LogP contribution is 2.33. The van der Waals surface area contributed by atoms with E-state index < -0.39 is 0 Å². The molecule has 0 atom stereocenters. The zero-order valence-corrected chi connectivity index (χ0v) is 15.2. The SMILES string of the molecule is CC(C)c1ccc(C=C2SC(=S)N(Cc3cccnc3)C2=O)cc1. The molecule has 1 aliphatic rings. The molecule has 1 aromatic carbocycles. The molecule has 1 fully saturated rings. The van der Waals surface area contributed by atoms with Gasteiger partial charge in [0.15, 0.2) is 0 Å². The zero-order chi connectivity index (χ0) is 17.1. The highest BCUT2D eigenvalue weighted by molar-refractivity contribution is 8.26. The number of benzene rings is 1. The first kappa shape index (κ1) is 16.9. The van der Waals surface area contributed by atoms with Gasteiger partial charge in [0, 0.05) is 12.4 Å². The summed E-state index contributed by atoms with van der Waals surface area (Å²) < 4.78 is 0.592. The Bertz CT molecular complexity index is 783. The van der Waals surface area contributed by atoms with E-state index in [9.17, 15) is 4.79 Å². The summed E-state index contributed by atoms with van der Waals surface area (Å²) >= 11 is 6.73. The standard InChI is InChI=1S/C19H18N2OS2/c1-13(2)16-7-5-14(6-8-16)10-17-18(22)21(19(23)24-17)12-15-4-3-9-20-11-15/h3-11,13H,12H2,1-2H3. The van der Waals surface area contributed by atoms with Crippen molar-refractivity contribution in [1.29, 1.82) is 0 Å². The first-order valence-corrected chi connectivity index (χ1v) is 9.01. The second-order valence-electron chi connectivity index (χ2n) is 5.95. The molecule has 24 heavy (non-hydrogen) atoms. The van der Waals surface area contributed by atoms with Gasteiger partial charge in [-0.1, -0.05) is 68.2 Å².